The average Bonchev–Trinajstić information content (AvgIpc) is 3.02. The van der Waals surface area contributed by atoms with Crippen LogP contribution in [0, 0.1) is 0 Å². The zero-order chi connectivity index (χ0) is 20.9. The van der Waals surface area contributed by atoms with Gasteiger partial charge in [0.05, 0.1) is 10.5 Å². The highest BCUT2D eigenvalue weighted by Crippen LogP contribution is 2.21. The SMILES string of the molecule is O=C(NNC(=O)c1ccccc1O)c1cccc(S(=O)(=O)N2CCCCCC2)c1. The number of carbonyl (C=O) groups excluding carboxylic acids is 2. The lowest BCUT2D eigenvalue weighted by molar-refractivity contribution is 0.0845. The Bertz CT molecular complexity index is 999. The minimum Gasteiger partial charge on any atom is -0.507 e. The molecule has 2 amide bonds. The fourth-order valence-electron chi connectivity index (χ4n) is 3.15. The summed E-state index contributed by atoms with van der Waals surface area (Å²) in [5.41, 5.74) is 4.54. The summed E-state index contributed by atoms with van der Waals surface area (Å²) in [5, 5.41) is 9.69. The number of aromatic hydroxyl groups is 1. The fraction of sp³-hybridized carbons (Fsp3) is 0.300. The standard InChI is InChI=1S/C20H23N3O5S/c24-18-11-4-3-10-17(18)20(26)22-21-19(25)15-8-7-9-16(14-15)29(27,28)23-12-5-1-2-6-13-23/h3-4,7-11,14,24H,1-2,5-6,12-13H2,(H,21,25)(H,22,26). The molecular formula is C20H23N3O5S. The predicted octanol–water partition coefficient (Wildman–Crippen LogP) is 2.03. The third-order valence-electron chi connectivity index (χ3n) is 4.74. The topological polar surface area (TPSA) is 116 Å². The predicted molar refractivity (Wildman–Crippen MR) is 107 cm³/mol. The van der Waals surface area contributed by atoms with Gasteiger partial charge in [-0.1, -0.05) is 31.0 Å². The van der Waals surface area contributed by atoms with Crippen LogP contribution in [0.1, 0.15) is 46.4 Å². The van der Waals surface area contributed by atoms with Gasteiger partial charge in [-0.05, 0) is 43.2 Å². The molecule has 0 spiro atoms. The largest absolute Gasteiger partial charge is 0.507 e. The number of hydrogen-bond acceptors (Lipinski definition) is 5. The van der Waals surface area contributed by atoms with Crippen molar-refractivity contribution in [1.29, 1.82) is 0 Å². The summed E-state index contributed by atoms with van der Waals surface area (Å²) in [6, 6.07) is 11.6. The Balaban J connectivity index is 1.71. The molecule has 3 rings (SSSR count). The van der Waals surface area contributed by atoms with E-state index in [1.54, 1.807) is 12.1 Å². The van der Waals surface area contributed by atoms with Crippen LogP contribution in [0.4, 0.5) is 0 Å². The number of rotatable bonds is 4. The molecule has 0 radical (unpaired) electrons. The van der Waals surface area contributed by atoms with Crippen LogP contribution in [0.3, 0.4) is 0 Å². The molecule has 9 heteroatoms. The third-order valence-corrected chi connectivity index (χ3v) is 6.63. The second-order valence-electron chi connectivity index (χ2n) is 6.77. The number of benzene rings is 2. The van der Waals surface area contributed by atoms with Gasteiger partial charge in [0, 0.05) is 18.7 Å². The van der Waals surface area contributed by atoms with Crippen molar-refractivity contribution < 1.29 is 23.1 Å². The number of nitrogens with one attached hydrogen (secondary N) is 2. The molecule has 0 unspecified atom stereocenters. The molecule has 0 aromatic heterocycles. The van der Waals surface area contributed by atoms with Crippen LogP contribution in [0.5, 0.6) is 5.75 Å². The van der Waals surface area contributed by atoms with Crippen LogP contribution in [-0.2, 0) is 10.0 Å². The van der Waals surface area contributed by atoms with Crippen LogP contribution in [-0.4, -0.2) is 42.7 Å². The smallest absolute Gasteiger partial charge is 0.273 e. The maximum Gasteiger partial charge on any atom is 0.273 e. The second-order valence-corrected chi connectivity index (χ2v) is 8.71. The van der Waals surface area contributed by atoms with Crippen LogP contribution in [0.25, 0.3) is 0 Å². The molecule has 0 atom stereocenters. The molecule has 8 nitrogen and oxygen atoms in total. The van der Waals surface area contributed by atoms with E-state index in [4.69, 9.17) is 0 Å². The summed E-state index contributed by atoms with van der Waals surface area (Å²) in [5.74, 6) is -1.57. The van der Waals surface area contributed by atoms with Crippen molar-refractivity contribution in [3.05, 3.63) is 59.7 Å². The molecule has 1 heterocycles. The van der Waals surface area contributed by atoms with Gasteiger partial charge in [0.2, 0.25) is 10.0 Å². The Hall–Kier alpha value is -2.91. The Morgan fingerprint density at radius 1 is 0.862 bits per heavy atom. The average molecular weight is 417 g/mol. The van der Waals surface area contributed by atoms with E-state index in [-0.39, 0.29) is 21.8 Å². The summed E-state index contributed by atoms with van der Waals surface area (Å²) >= 11 is 0. The Morgan fingerprint density at radius 3 is 2.21 bits per heavy atom. The molecule has 154 valence electrons. The van der Waals surface area contributed by atoms with Gasteiger partial charge >= 0.3 is 0 Å². The molecule has 2 aromatic rings. The summed E-state index contributed by atoms with van der Waals surface area (Å²) in [4.78, 5) is 24.5. The highest BCUT2D eigenvalue weighted by molar-refractivity contribution is 7.89. The van der Waals surface area contributed by atoms with E-state index < -0.39 is 21.8 Å². The van der Waals surface area contributed by atoms with E-state index in [2.05, 4.69) is 10.9 Å². The first-order valence-corrected chi connectivity index (χ1v) is 10.8. The van der Waals surface area contributed by atoms with Crippen molar-refractivity contribution in [3.8, 4) is 5.75 Å². The van der Waals surface area contributed by atoms with Crippen LogP contribution in [0.15, 0.2) is 53.4 Å². The van der Waals surface area contributed by atoms with Gasteiger partial charge < -0.3 is 5.11 Å². The molecule has 1 aliphatic heterocycles. The molecule has 1 fully saturated rings. The first kappa shape index (κ1) is 20.8. The van der Waals surface area contributed by atoms with E-state index in [1.165, 1.54) is 40.7 Å². The fourth-order valence-corrected chi connectivity index (χ4v) is 4.71. The van der Waals surface area contributed by atoms with Gasteiger partial charge in [-0.2, -0.15) is 4.31 Å². The van der Waals surface area contributed by atoms with Crippen LogP contribution in [0.2, 0.25) is 0 Å². The normalized spacial score (nSPS) is 15.3. The molecular weight excluding hydrogens is 394 g/mol. The van der Waals surface area contributed by atoms with Crippen molar-refractivity contribution >= 4 is 21.8 Å². The number of hydrazine groups is 1. The number of para-hydroxylation sites is 1. The van der Waals surface area contributed by atoms with Crippen molar-refractivity contribution in [3.63, 3.8) is 0 Å². The van der Waals surface area contributed by atoms with Crippen molar-refractivity contribution in [2.45, 2.75) is 30.6 Å². The lowest BCUT2D eigenvalue weighted by Crippen LogP contribution is -2.41. The highest BCUT2D eigenvalue weighted by atomic mass is 32.2. The van der Waals surface area contributed by atoms with E-state index in [1.807, 2.05) is 0 Å². The summed E-state index contributed by atoms with van der Waals surface area (Å²) in [6.07, 6.45) is 3.64. The van der Waals surface area contributed by atoms with Crippen molar-refractivity contribution in [2.24, 2.45) is 0 Å². The van der Waals surface area contributed by atoms with E-state index in [0.717, 1.165) is 25.7 Å². The van der Waals surface area contributed by atoms with Gasteiger partial charge in [0.1, 0.15) is 5.75 Å². The Morgan fingerprint density at radius 2 is 1.52 bits per heavy atom. The zero-order valence-corrected chi connectivity index (χ0v) is 16.6. The number of hydrogen-bond donors (Lipinski definition) is 3. The van der Waals surface area contributed by atoms with Crippen molar-refractivity contribution in [2.75, 3.05) is 13.1 Å². The van der Waals surface area contributed by atoms with Gasteiger partial charge in [-0.3, -0.25) is 20.4 Å². The maximum absolute atomic E-state index is 12.9. The van der Waals surface area contributed by atoms with Gasteiger partial charge in [-0.25, -0.2) is 8.42 Å². The first-order valence-electron chi connectivity index (χ1n) is 9.38. The number of nitrogens with zero attached hydrogens (tertiary/aromatic N) is 1. The first-order chi connectivity index (χ1) is 13.9. The minimum absolute atomic E-state index is 0.00490. The number of carbonyl (C=O) groups is 2. The number of phenols is 1. The van der Waals surface area contributed by atoms with Crippen molar-refractivity contribution in [1.82, 2.24) is 15.2 Å². The molecule has 0 bridgehead atoms. The monoisotopic (exact) mass is 417 g/mol. The molecule has 3 N–H and O–H groups in total. The Labute approximate surface area is 169 Å². The summed E-state index contributed by atoms with van der Waals surface area (Å²) in [6.45, 7) is 0.935. The maximum atomic E-state index is 12.9. The van der Waals surface area contributed by atoms with Crippen LogP contribution < -0.4 is 10.9 Å². The number of phenolic OH excluding ortho intramolecular Hbond substituents is 1. The molecule has 29 heavy (non-hydrogen) atoms. The zero-order valence-electron chi connectivity index (χ0n) is 15.8. The third kappa shape index (κ3) is 4.93. The molecule has 0 aliphatic carbocycles. The number of sulfonamides is 1. The number of amides is 2. The highest BCUT2D eigenvalue weighted by Gasteiger charge is 2.25. The summed E-state index contributed by atoms with van der Waals surface area (Å²) < 4.78 is 27.3. The quantitative estimate of drug-likeness (QED) is 0.659. The Kier molecular flexibility index (Phi) is 6.50. The lowest BCUT2D eigenvalue weighted by atomic mass is 10.2. The van der Waals surface area contributed by atoms with Gasteiger partial charge in [0.25, 0.3) is 11.8 Å². The van der Waals surface area contributed by atoms with Gasteiger partial charge in [-0.15, -0.1) is 0 Å². The van der Waals surface area contributed by atoms with E-state index >= 15 is 0 Å². The molecule has 2 aromatic carbocycles. The molecule has 1 aliphatic rings. The molecule has 1 saturated heterocycles. The lowest BCUT2D eigenvalue weighted by Gasteiger charge is -2.20. The molecule has 0 saturated carbocycles. The van der Waals surface area contributed by atoms with E-state index in [0.29, 0.717) is 13.1 Å². The van der Waals surface area contributed by atoms with Gasteiger partial charge in [0.15, 0.2) is 0 Å². The minimum atomic E-state index is -3.69. The summed E-state index contributed by atoms with van der Waals surface area (Å²) in [7, 11) is -3.69. The second kappa shape index (κ2) is 9.06. The van der Waals surface area contributed by atoms with E-state index in [9.17, 15) is 23.1 Å². The van der Waals surface area contributed by atoms with Crippen LogP contribution >= 0.6 is 0 Å².